The van der Waals surface area contributed by atoms with Crippen molar-refractivity contribution in [2.75, 3.05) is 13.1 Å². The first-order valence-electron chi connectivity index (χ1n) is 8.63. The van der Waals surface area contributed by atoms with Crippen LogP contribution >= 0.6 is 0 Å². The third-order valence-corrected chi connectivity index (χ3v) is 5.39. The number of aliphatic carboxylic acids is 1. The first kappa shape index (κ1) is 17.4. The lowest BCUT2D eigenvalue weighted by molar-refractivity contribution is -0.145. The Morgan fingerprint density at radius 1 is 1.36 bits per heavy atom. The Bertz CT molecular complexity index is 704. The van der Waals surface area contributed by atoms with Crippen molar-refractivity contribution in [1.82, 2.24) is 20.0 Å². The van der Waals surface area contributed by atoms with E-state index >= 15 is 0 Å². The highest BCUT2D eigenvalue weighted by molar-refractivity contribution is 5.88. The molecule has 2 aliphatic rings. The molecule has 0 bridgehead atoms. The van der Waals surface area contributed by atoms with E-state index in [0.717, 1.165) is 11.4 Å². The number of piperidine rings is 1. The van der Waals surface area contributed by atoms with Crippen molar-refractivity contribution in [1.29, 1.82) is 0 Å². The van der Waals surface area contributed by atoms with Gasteiger partial charge in [-0.2, -0.15) is 5.10 Å². The number of aromatic nitrogens is 2. The molecule has 2 fully saturated rings. The van der Waals surface area contributed by atoms with Crippen molar-refractivity contribution in [2.24, 2.45) is 5.92 Å². The zero-order chi connectivity index (χ0) is 18.2. The van der Waals surface area contributed by atoms with Gasteiger partial charge in [-0.3, -0.25) is 19.1 Å². The van der Waals surface area contributed by atoms with E-state index in [1.54, 1.807) is 4.90 Å². The normalized spacial score (nSPS) is 22.2. The molecule has 3 rings (SSSR count). The Morgan fingerprint density at radius 2 is 2.04 bits per heavy atom. The summed E-state index contributed by atoms with van der Waals surface area (Å²) in [6.07, 6.45) is 1.37. The molecule has 136 valence electrons. The van der Waals surface area contributed by atoms with Crippen LogP contribution in [0.4, 0.5) is 0 Å². The van der Waals surface area contributed by atoms with Crippen LogP contribution in [0, 0.1) is 19.8 Å². The quantitative estimate of drug-likeness (QED) is 0.823. The van der Waals surface area contributed by atoms with Gasteiger partial charge >= 0.3 is 5.97 Å². The van der Waals surface area contributed by atoms with Crippen molar-refractivity contribution in [3.8, 4) is 0 Å². The topological polar surface area (TPSA) is 105 Å². The molecule has 1 aromatic rings. The Balaban J connectivity index is 1.56. The lowest BCUT2D eigenvalue weighted by atomic mass is 9.77. The predicted molar refractivity (Wildman–Crippen MR) is 88.7 cm³/mol. The third-order valence-electron chi connectivity index (χ3n) is 5.39. The third kappa shape index (κ3) is 3.38. The molecule has 0 aromatic carbocycles. The van der Waals surface area contributed by atoms with Crippen LogP contribution in [0.3, 0.4) is 0 Å². The molecule has 8 heteroatoms. The number of amides is 2. The zero-order valence-corrected chi connectivity index (χ0v) is 14.6. The van der Waals surface area contributed by atoms with E-state index in [1.807, 2.05) is 24.6 Å². The van der Waals surface area contributed by atoms with Crippen LogP contribution in [-0.2, 0) is 20.9 Å². The van der Waals surface area contributed by atoms with Crippen LogP contribution in [0.15, 0.2) is 6.07 Å². The molecule has 0 saturated carbocycles. The van der Waals surface area contributed by atoms with E-state index in [4.69, 9.17) is 0 Å². The number of hydrogen-bond donors (Lipinski definition) is 2. The van der Waals surface area contributed by atoms with Crippen LogP contribution in [0.5, 0.6) is 0 Å². The minimum atomic E-state index is -0.942. The SMILES string of the molecule is Cc1cc(C)n(CCC(=O)N2CCC3(CC2)NC(=O)C[C@@H]3C(=O)O)n1. The zero-order valence-electron chi connectivity index (χ0n) is 14.6. The summed E-state index contributed by atoms with van der Waals surface area (Å²) in [7, 11) is 0. The smallest absolute Gasteiger partial charge is 0.309 e. The number of aryl methyl sites for hydroxylation is 3. The number of rotatable bonds is 4. The molecule has 2 saturated heterocycles. The van der Waals surface area contributed by atoms with Gasteiger partial charge in [0.15, 0.2) is 0 Å². The number of carboxylic acid groups (broad SMARTS) is 1. The number of hydrogen-bond acceptors (Lipinski definition) is 4. The van der Waals surface area contributed by atoms with E-state index in [1.165, 1.54) is 0 Å². The Kier molecular flexibility index (Phi) is 4.53. The van der Waals surface area contributed by atoms with Gasteiger partial charge in [0, 0.05) is 38.2 Å². The summed E-state index contributed by atoms with van der Waals surface area (Å²) in [4.78, 5) is 37.3. The van der Waals surface area contributed by atoms with Gasteiger partial charge in [-0.15, -0.1) is 0 Å². The van der Waals surface area contributed by atoms with E-state index in [2.05, 4.69) is 10.4 Å². The fraction of sp³-hybridized carbons (Fsp3) is 0.647. The lowest BCUT2D eigenvalue weighted by Gasteiger charge is -2.41. The molecule has 8 nitrogen and oxygen atoms in total. The molecule has 25 heavy (non-hydrogen) atoms. The van der Waals surface area contributed by atoms with Gasteiger partial charge in [0.1, 0.15) is 0 Å². The number of carbonyl (C=O) groups is 3. The summed E-state index contributed by atoms with van der Waals surface area (Å²) in [5.41, 5.74) is 1.26. The molecule has 2 N–H and O–H groups in total. The number of likely N-dealkylation sites (tertiary alicyclic amines) is 1. The molecule has 2 aliphatic heterocycles. The van der Waals surface area contributed by atoms with Crippen molar-refractivity contribution in [3.05, 3.63) is 17.5 Å². The van der Waals surface area contributed by atoms with Crippen molar-refractivity contribution >= 4 is 17.8 Å². The number of nitrogens with one attached hydrogen (secondary N) is 1. The van der Waals surface area contributed by atoms with Crippen LogP contribution in [0.2, 0.25) is 0 Å². The van der Waals surface area contributed by atoms with Gasteiger partial charge in [0.25, 0.3) is 0 Å². The molecule has 1 atom stereocenters. The van der Waals surface area contributed by atoms with E-state index in [9.17, 15) is 19.5 Å². The average molecular weight is 348 g/mol. The van der Waals surface area contributed by atoms with E-state index in [-0.39, 0.29) is 18.2 Å². The Labute approximate surface area is 146 Å². The van der Waals surface area contributed by atoms with Gasteiger partial charge in [-0.1, -0.05) is 0 Å². The molecule has 0 unspecified atom stereocenters. The predicted octanol–water partition coefficient (Wildman–Crippen LogP) is 0.472. The fourth-order valence-corrected chi connectivity index (χ4v) is 4.01. The second-order valence-electron chi connectivity index (χ2n) is 7.08. The monoisotopic (exact) mass is 348 g/mol. The number of nitrogens with zero attached hydrogens (tertiary/aromatic N) is 3. The van der Waals surface area contributed by atoms with Gasteiger partial charge < -0.3 is 15.3 Å². The van der Waals surface area contributed by atoms with Crippen LogP contribution < -0.4 is 5.32 Å². The van der Waals surface area contributed by atoms with E-state index in [0.29, 0.717) is 38.9 Å². The molecule has 3 heterocycles. The highest BCUT2D eigenvalue weighted by atomic mass is 16.4. The second-order valence-corrected chi connectivity index (χ2v) is 7.08. The van der Waals surface area contributed by atoms with Crippen LogP contribution in [-0.4, -0.2) is 56.2 Å². The number of carboxylic acids is 1. The van der Waals surface area contributed by atoms with Gasteiger partial charge in [0.2, 0.25) is 11.8 Å². The van der Waals surface area contributed by atoms with Crippen molar-refractivity contribution in [2.45, 2.75) is 51.6 Å². The molecule has 2 amide bonds. The highest BCUT2D eigenvalue weighted by Gasteiger charge is 2.51. The lowest BCUT2D eigenvalue weighted by Crippen LogP contribution is -2.56. The van der Waals surface area contributed by atoms with Crippen LogP contribution in [0.25, 0.3) is 0 Å². The van der Waals surface area contributed by atoms with Crippen molar-refractivity contribution < 1.29 is 19.5 Å². The molecule has 0 radical (unpaired) electrons. The molecule has 1 spiro atoms. The van der Waals surface area contributed by atoms with Gasteiger partial charge in [0.05, 0.1) is 17.2 Å². The Hall–Kier alpha value is -2.38. The first-order valence-corrected chi connectivity index (χ1v) is 8.63. The minimum absolute atomic E-state index is 0.0290. The standard InChI is InChI=1S/C17H24N4O4/c1-11-9-12(2)21(19-11)6-3-15(23)20-7-4-17(5-8-20)13(16(24)25)10-14(22)18-17/h9,13H,3-8,10H2,1-2H3,(H,18,22)(H,24,25)/t13-/m1/s1. The van der Waals surface area contributed by atoms with Gasteiger partial charge in [-0.05, 0) is 32.8 Å². The minimum Gasteiger partial charge on any atom is -0.481 e. The summed E-state index contributed by atoms with van der Waals surface area (Å²) in [5, 5.41) is 16.6. The maximum atomic E-state index is 12.5. The summed E-state index contributed by atoms with van der Waals surface area (Å²) in [5.74, 6) is -1.81. The summed E-state index contributed by atoms with van der Waals surface area (Å²) < 4.78 is 1.83. The molecule has 1 aromatic heterocycles. The van der Waals surface area contributed by atoms with Crippen LogP contribution in [0.1, 0.15) is 37.1 Å². The maximum Gasteiger partial charge on any atom is 0.309 e. The summed E-state index contributed by atoms with van der Waals surface area (Å²) in [6.45, 7) is 5.36. The molecule has 0 aliphatic carbocycles. The first-order chi connectivity index (χ1) is 11.8. The molecular weight excluding hydrogens is 324 g/mol. The van der Waals surface area contributed by atoms with Crippen molar-refractivity contribution in [3.63, 3.8) is 0 Å². The summed E-state index contributed by atoms with van der Waals surface area (Å²) in [6, 6.07) is 1.98. The largest absolute Gasteiger partial charge is 0.481 e. The van der Waals surface area contributed by atoms with E-state index < -0.39 is 17.4 Å². The highest BCUT2D eigenvalue weighted by Crippen LogP contribution is 2.37. The Morgan fingerprint density at radius 3 is 2.60 bits per heavy atom. The maximum absolute atomic E-state index is 12.5. The second kappa shape index (κ2) is 6.50. The molecular formula is C17H24N4O4. The fourth-order valence-electron chi connectivity index (χ4n) is 4.01. The summed E-state index contributed by atoms with van der Waals surface area (Å²) >= 11 is 0. The number of carbonyl (C=O) groups excluding carboxylic acids is 2. The average Bonchev–Trinajstić information content (AvgIpc) is 3.04. The van der Waals surface area contributed by atoms with Gasteiger partial charge in [-0.25, -0.2) is 0 Å².